The van der Waals surface area contributed by atoms with Crippen molar-refractivity contribution in [1.82, 2.24) is 0 Å². The molecule has 106 valence electrons. The topological polar surface area (TPSA) is 155 Å². The third kappa shape index (κ3) is 2.69. The molecular formula is C8H2O11S. The normalized spacial score (nSPS) is 13.2. The van der Waals surface area contributed by atoms with Gasteiger partial charge in [-0.1, -0.05) is 11.3 Å². The molecule has 0 bridgehead atoms. The Morgan fingerprint density at radius 2 is 1.55 bits per heavy atom. The highest BCUT2D eigenvalue weighted by molar-refractivity contribution is 7.16. The molecule has 0 fully saturated rings. The summed E-state index contributed by atoms with van der Waals surface area (Å²) in [5.74, 6) is -1.41. The molecular weight excluding hydrogens is 304 g/mol. The predicted molar refractivity (Wildman–Crippen MR) is 54.8 cm³/mol. The van der Waals surface area contributed by atoms with Crippen LogP contribution >= 0.6 is 11.3 Å². The van der Waals surface area contributed by atoms with Crippen molar-refractivity contribution in [2.75, 3.05) is 0 Å². The fourth-order valence-corrected chi connectivity index (χ4v) is 1.95. The van der Waals surface area contributed by atoms with E-state index in [1.165, 1.54) is 0 Å². The fourth-order valence-electron chi connectivity index (χ4n) is 1.11. The second-order valence-corrected chi connectivity index (χ2v) is 3.82. The van der Waals surface area contributed by atoms with Gasteiger partial charge in [0.2, 0.25) is 21.6 Å². The van der Waals surface area contributed by atoms with E-state index in [2.05, 4.69) is 23.7 Å². The minimum Gasteiger partial charge on any atom is -0.449 e. The van der Waals surface area contributed by atoms with Crippen LogP contribution in [0.15, 0.2) is 0 Å². The van der Waals surface area contributed by atoms with E-state index in [0.717, 1.165) is 0 Å². The maximum absolute atomic E-state index is 11.0. The standard InChI is InChI=1S/C8H2O11S/c9-5(10)15-1-2-4(20-3(1)17-6(11)12)18-8(14)19-7(13)16-2/h(H,9,10)(H,11,12). The van der Waals surface area contributed by atoms with Crippen molar-refractivity contribution in [2.24, 2.45) is 0 Å². The van der Waals surface area contributed by atoms with Gasteiger partial charge in [0.05, 0.1) is 0 Å². The summed E-state index contributed by atoms with van der Waals surface area (Å²) in [7, 11) is 0. The zero-order valence-corrected chi connectivity index (χ0v) is 9.79. The van der Waals surface area contributed by atoms with Gasteiger partial charge in [-0.25, -0.2) is 19.2 Å². The van der Waals surface area contributed by atoms with Gasteiger partial charge in [-0.2, -0.15) is 0 Å². The van der Waals surface area contributed by atoms with Gasteiger partial charge in [0.15, 0.2) is 0 Å². The van der Waals surface area contributed by atoms with Crippen LogP contribution in [0.2, 0.25) is 0 Å². The fraction of sp³-hybridized carbons (Fsp3) is 0. The first-order valence-corrected chi connectivity index (χ1v) is 5.28. The lowest BCUT2D eigenvalue weighted by Crippen LogP contribution is -2.15. The van der Waals surface area contributed by atoms with Crippen LogP contribution in [0.1, 0.15) is 0 Å². The zero-order valence-electron chi connectivity index (χ0n) is 8.98. The van der Waals surface area contributed by atoms with Crippen molar-refractivity contribution >= 4 is 36.0 Å². The van der Waals surface area contributed by atoms with Crippen molar-refractivity contribution < 1.29 is 53.1 Å². The van der Waals surface area contributed by atoms with E-state index in [0.29, 0.717) is 11.3 Å². The minimum atomic E-state index is -1.84. The van der Waals surface area contributed by atoms with Gasteiger partial charge in [0.25, 0.3) is 0 Å². The molecule has 0 saturated carbocycles. The number of cyclic esters (lactones) is 2. The van der Waals surface area contributed by atoms with Crippen molar-refractivity contribution in [1.29, 1.82) is 0 Å². The van der Waals surface area contributed by atoms with Crippen LogP contribution < -0.4 is 18.9 Å². The van der Waals surface area contributed by atoms with Gasteiger partial charge < -0.3 is 33.9 Å². The van der Waals surface area contributed by atoms with Crippen LogP contribution in [0.25, 0.3) is 0 Å². The number of hydrogen-bond donors (Lipinski definition) is 2. The molecule has 0 unspecified atom stereocenters. The van der Waals surface area contributed by atoms with Crippen LogP contribution in [-0.4, -0.2) is 34.8 Å². The van der Waals surface area contributed by atoms with Gasteiger partial charge in [-0.05, 0) is 0 Å². The number of rotatable bonds is 2. The summed E-state index contributed by atoms with van der Waals surface area (Å²) in [6, 6.07) is 0. The molecule has 2 heterocycles. The highest BCUT2D eigenvalue weighted by Gasteiger charge is 2.35. The third-order valence-corrected chi connectivity index (χ3v) is 2.57. The summed E-state index contributed by atoms with van der Waals surface area (Å²) in [6.45, 7) is 0. The number of ether oxygens (including phenoxy) is 5. The molecule has 20 heavy (non-hydrogen) atoms. The van der Waals surface area contributed by atoms with E-state index in [4.69, 9.17) is 10.2 Å². The molecule has 12 heteroatoms. The first-order chi connectivity index (χ1) is 9.36. The summed E-state index contributed by atoms with van der Waals surface area (Å²) < 4.78 is 21.4. The molecule has 0 spiro atoms. The molecule has 2 N–H and O–H groups in total. The molecule has 1 aliphatic rings. The van der Waals surface area contributed by atoms with E-state index in [1.807, 2.05) is 0 Å². The van der Waals surface area contributed by atoms with E-state index in [1.54, 1.807) is 0 Å². The molecule has 1 aliphatic heterocycles. The van der Waals surface area contributed by atoms with E-state index >= 15 is 0 Å². The Morgan fingerprint density at radius 1 is 0.950 bits per heavy atom. The largest absolute Gasteiger partial charge is 0.525 e. The molecule has 11 nitrogen and oxygen atoms in total. The summed E-state index contributed by atoms with van der Waals surface area (Å²) in [6.07, 6.45) is -6.58. The number of carbonyl (C=O) groups excluding carboxylic acids is 2. The van der Waals surface area contributed by atoms with Gasteiger partial charge in [0.1, 0.15) is 0 Å². The Morgan fingerprint density at radius 3 is 2.15 bits per heavy atom. The lowest BCUT2D eigenvalue weighted by Gasteiger charge is -2.03. The SMILES string of the molecule is O=C(O)Oc1sc2c(c1OC(=O)O)OC(=O)OC(=O)O2. The van der Waals surface area contributed by atoms with Gasteiger partial charge in [-0.15, -0.1) is 0 Å². The Bertz CT molecular complexity index is 614. The Labute approximate surface area is 111 Å². The number of fused-ring (bicyclic) bond motifs is 1. The van der Waals surface area contributed by atoms with Gasteiger partial charge >= 0.3 is 24.6 Å². The predicted octanol–water partition coefficient (Wildman–Crippen LogP) is 1.89. The van der Waals surface area contributed by atoms with E-state index in [9.17, 15) is 19.2 Å². The molecule has 0 radical (unpaired) electrons. The average Bonchev–Trinajstić information content (AvgIpc) is 2.50. The first kappa shape index (κ1) is 13.4. The molecule has 0 aromatic carbocycles. The second-order valence-electron chi connectivity index (χ2n) is 2.88. The molecule has 2 rings (SSSR count). The van der Waals surface area contributed by atoms with Gasteiger partial charge in [-0.3, -0.25) is 0 Å². The first-order valence-electron chi connectivity index (χ1n) is 4.46. The monoisotopic (exact) mass is 306 g/mol. The molecule has 0 saturated heterocycles. The number of thiophene rings is 1. The summed E-state index contributed by atoms with van der Waals surface area (Å²) in [5.41, 5.74) is 0. The van der Waals surface area contributed by atoms with Crippen molar-refractivity contribution in [3.05, 3.63) is 0 Å². The maximum Gasteiger partial charge on any atom is 0.525 e. The highest BCUT2D eigenvalue weighted by atomic mass is 32.1. The Balaban J connectivity index is 2.50. The maximum atomic E-state index is 11.0. The number of carboxylic acid groups (broad SMARTS) is 2. The Kier molecular flexibility index (Phi) is 3.30. The quantitative estimate of drug-likeness (QED) is 0.607. The Hall–Kier alpha value is -3.02. The van der Waals surface area contributed by atoms with Gasteiger partial charge in [0, 0.05) is 0 Å². The third-order valence-electron chi connectivity index (χ3n) is 1.66. The molecule has 0 amide bonds. The minimum absolute atomic E-state index is 0.360. The summed E-state index contributed by atoms with van der Waals surface area (Å²) in [5, 5.41) is 16.0. The molecule has 0 atom stereocenters. The van der Waals surface area contributed by atoms with Crippen LogP contribution in [-0.2, 0) is 4.74 Å². The van der Waals surface area contributed by atoms with Crippen LogP contribution in [0, 0.1) is 0 Å². The highest BCUT2D eigenvalue weighted by Crippen LogP contribution is 2.54. The van der Waals surface area contributed by atoms with Crippen molar-refractivity contribution in [2.45, 2.75) is 0 Å². The lowest BCUT2D eigenvalue weighted by molar-refractivity contribution is 0.0987. The molecule has 1 aromatic heterocycles. The smallest absolute Gasteiger partial charge is 0.449 e. The second kappa shape index (κ2) is 4.93. The summed E-state index contributed by atoms with van der Waals surface area (Å²) in [4.78, 5) is 43.0. The summed E-state index contributed by atoms with van der Waals surface area (Å²) >= 11 is 0.360. The lowest BCUT2D eigenvalue weighted by atomic mass is 10.5. The number of hydrogen-bond acceptors (Lipinski definition) is 10. The van der Waals surface area contributed by atoms with E-state index < -0.39 is 46.2 Å². The molecule has 0 aliphatic carbocycles. The van der Waals surface area contributed by atoms with E-state index in [-0.39, 0.29) is 0 Å². The van der Waals surface area contributed by atoms with Crippen molar-refractivity contribution in [3.63, 3.8) is 0 Å². The van der Waals surface area contributed by atoms with Crippen molar-refractivity contribution in [3.8, 4) is 21.6 Å². The van der Waals surface area contributed by atoms with Crippen LogP contribution in [0.3, 0.4) is 0 Å². The molecule has 1 aromatic rings. The van der Waals surface area contributed by atoms with Crippen LogP contribution in [0.5, 0.6) is 21.6 Å². The average molecular weight is 306 g/mol. The van der Waals surface area contributed by atoms with Crippen LogP contribution in [0.4, 0.5) is 19.2 Å². The zero-order chi connectivity index (χ0) is 14.9. The number of carbonyl (C=O) groups is 4.